The highest BCUT2D eigenvalue weighted by Crippen LogP contribution is 2.25. The van der Waals surface area contributed by atoms with Crippen molar-refractivity contribution in [2.24, 2.45) is 0 Å². The molecule has 1 aromatic heterocycles. The van der Waals surface area contributed by atoms with Gasteiger partial charge in [-0.2, -0.15) is 0 Å². The Hall–Kier alpha value is -3.07. The lowest BCUT2D eigenvalue weighted by Gasteiger charge is -2.15. The first-order valence-corrected chi connectivity index (χ1v) is 8.12. The van der Waals surface area contributed by atoms with Crippen LogP contribution in [0.3, 0.4) is 0 Å². The van der Waals surface area contributed by atoms with Crippen molar-refractivity contribution in [2.75, 3.05) is 32.1 Å². The zero-order valence-electron chi connectivity index (χ0n) is 14.4. The number of aryl methyl sites for hydroxylation is 1. The van der Waals surface area contributed by atoms with Crippen molar-refractivity contribution in [1.82, 2.24) is 9.47 Å². The van der Waals surface area contributed by atoms with E-state index in [-0.39, 0.29) is 31.0 Å². The highest BCUT2D eigenvalue weighted by Gasteiger charge is 2.34. The number of rotatable bonds is 6. The number of ether oxygens (including phenoxy) is 1. The molecule has 0 bridgehead atoms. The summed E-state index contributed by atoms with van der Waals surface area (Å²) < 4.78 is 11.4. The fraction of sp³-hybridized carbons (Fsp3) is 0.353. The van der Waals surface area contributed by atoms with Gasteiger partial charge in [0.25, 0.3) is 5.91 Å². The van der Waals surface area contributed by atoms with Crippen molar-refractivity contribution < 1.29 is 23.8 Å². The van der Waals surface area contributed by atoms with E-state index >= 15 is 0 Å². The lowest BCUT2D eigenvalue weighted by Crippen LogP contribution is -2.31. The number of aliphatic hydroxyl groups excluding tert-OH is 1. The van der Waals surface area contributed by atoms with Crippen molar-refractivity contribution in [2.45, 2.75) is 13.5 Å². The van der Waals surface area contributed by atoms with Gasteiger partial charge in [0.1, 0.15) is 5.70 Å². The average molecular weight is 361 g/mol. The third-order valence-electron chi connectivity index (χ3n) is 4.21. The molecule has 26 heavy (non-hydrogen) atoms. The molecule has 138 valence electrons. The van der Waals surface area contributed by atoms with E-state index in [4.69, 9.17) is 14.3 Å². The quantitative estimate of drug-likeness (QED) is 0.711. The Labute approximate surface area is 148 Å². The molecule has 1 aliphatic heterocycles. The number of amides is 1. The maximum Gasteiger partial charge on any atom is 0.419 e. The second kappa shape index (κ2) is 7.04. The van der Waals surface area contributed by atoms with E-state index in [1.165, 1.54) is 16.6 Å². The Morgan fingerprint density at radius 2 is 2.15 bits per heavy atom. The first kappa shape index (κ1) is 17.7. The summed E-state index contributed by atoms with van der Waals surface area (Å²) in [5.41, 5.74) is 1.77. The van der Waals surface area contributed by atoms with Crippen molar-refractivity contribution in [3.8, 4) is 0 Å². The van der Waals surface area contributed by atoms with Crippen molar-refractivity contribution >= 4 is 28.7 Å². The molecule has 9 heteroatoms. The molecule has 0 unspecified atom stereocenters. The summed E-state index contributed by atoms with van der Waals surface area (Å²) in [5.74, 6) is -1.49. The molecule has 2 aromatic rings. The van der Waals surface area contributed by atoms with E-state index in [1.54, 1.807) is 18.2 Å². The van der Waals surface area contributed by atoms with Crippen LogP contribution >= 0.6 is 0 Å². The second-order valence-electron chi connectivity index (χ2n) is 5.72. The van der Waals surface area contributed by atoms with Gasteiger partial charge < -0.3 is 24.5 Å². The first-order valence-electron chi connectivity index (χ1n) is 8.12. The van der Waals surface area contributed by atoms with Gasteiger partial charge in [0, 0.05) is 24.8 Å². The highest BCUT2D eigenvalue weighted by molar-refractivity contribution is 6.08. The summed E-state index contributed by atoms with van der Waals surface area (Å²) in [6.45, 7) is 2.26. The number of nitrogens with zero attached hydrogens (tertiary/aromatic N) is 2. The molecular formula is C17H19N3O6. The van der Waals surface area contributed by atoms with Gasteiger partial charge in [0.05, 0.1) is 31.4 Å². The Morgan fingerprint density at radius 3 is 2.81 bits per heavy atom. The average Bonchev–Trinajstić information content (AvgIpc) is 3.11. The fourth-order valence-electron chi connectivity index (χ4n) is 2.94. The predicted molar refractivity (Wildman–Crippen MR) is 92.5 cm³/mol. The Balaban J connectivity index is 1.97. The number of carbonyl (C=O) groups excluding carboxylic acids is 2. The standard InChI is InChI=1S/C17H19N3O6/c1-3-20-12-5-4-10(8-13(12)26-17(20)24)18-14-11(16(23)25-2)9-19(6-7-21)15(14)22/h4-5,8,18,21H,3,6-7,9H2,1-2H3. The molecule has 0 saturated heterocycles. The minimum Gasteiger partial charge on any atom is -0.466 e. The summed E-state index contributed by atoms with van der Waals surface area (Å²) in [5, 5.41) is 12.0. The first-order chi connectivity index (χ1) is 12.5. The summed E-state index contributed by atoms with van der Waals surface area (Å²) in [7, 11) is 1.24. The van der Waals surface area contributed by atoms with Gasteiger partial charge in [0.15, 0.2) is 5.58 Å². The molecule has 2 heterocycles. The lowest BCUT2D eigenvalue weighted by atomic mass is 10.2. The zero-order valence-corrected chi connectivity index (χ0v) is 14.4. The smallest absolute Gasteiger partial charge is 0.419 e. The fourth-order valence-corrected chi connectivity index (χ4v) is 2.94. The number of fused-ring (bicyclic) bond motifs is 1. The van der Waals surface area contributed by atoms with Crippen LogP contribution in [0, 0.1) is 0 Å². The maximum absolute atomic E-state index is 12.5. The van der Waals surface area contributed by atoms with Crippen molar-refractivity contribution in [1.29, 1.82) is 0 Å². The number of β-amino-alcohol motifs (C(OH)–C–C–N with tert-alkyl or cyclic N) is 1. The van der Waals surface area contributed by atoms with Crippen LogP contribution in [0.5, 0.6) is 0 Å². The summed E-state index contributed by atoms with van der Waals surface area (Å²) in [6.07, 6.45) is 0. The number of aromatic nitrogens is 1. The van der Waals surface area contributed by atoms with Crippen molar-refractivity contribution in [3.05, 3.63) is 40.0 Å². The predicted octanol–water partition coefficient (Wildman–Crippen LogP) is 0.288. The number of benzene rings is 1. The molecule has 2 N–H and O–H groups in total. The summed E-state index contributed by atoms with van der Waals surface area (Å²) in [4.78, 5) is 37.6. The van der Waals surface area contributed by atoms with Crippen LogP contribution in [-0.2, 0) is 20.9 Å². The van der Waals surface area contributed by atoms with Crippen LogP contribution in [-0.4, -0.2) is 53.3 Å². The summed E-state index contributed by atoms with van der Waals surface area (Å²) in [6, 6.07) is 4.98. The monoisotopic (exact) mass is 361 g/mol. The van der Waals surface area contributed by atoms with E-state index in [0.717, 1.165) is 0 Å². The molecule has 1 aromatic carbocycles. The van der Waals surface area contributed by atoms with E-state index < -0.39 is 17.6 Å². The van der Waals surface area contributed by atoms with E-state index in [0.29, 0.717) is 23.3 Å². The Kier molecular flexibility index (Phi) is 4.81. The van der Waals surface area contributed by atoms with Gasteiger partial charge in [0.2, 0.25) is 0 Å². The van der Waals surface area contributed by atoms with Crippen LogP contribution in [0.1, 0.15) is 6.92 Å². The Morgan fingerprint density at radius 1 is 1.38 bits per heavy atom. The van der Waals surface area contributed by atoms with Gasteiger partial charge in [-0.05, 0) is 19.1 Å². The molecule has 9 nitrogen and oxygen atoms in total. The van der Waals surface area contributed by atoms with Crippen LogP contribution < -0.4 is 11.1 Å². The number of esters is 1. The van der Waals surface area contributed by atoms with Crippen molar-refractivity contribution in [3.63, 3.8) is 0 Å². The number of hydrogen-bond acceptors (Lipinski definition) is 7. The Bertz CT molecular complexity index is 955. The van der Waals surface area contributed by atoms with E-state index in [1.807, 2.05) is 6.92 Å². The second-order valence-corrected chi connectivity index (χ2v) is 5.72. The van der Waals surface area contributed by atoms with Gasteiger partial charge in [-0.15, -0.1) is 0 Å². The third-order valence-corrected chi connectivity index (χ3v) is 4.21. The molecule has 0 fully saturated rings. The third kappa shape index (κ3) is 2.97. The molecule has 0 radical (unpaired) electrons. The molecule has 3 rings (SSSR count). The number of methoxy groups -OCH3 is 1. The largest absolute Gasteiger partial charge is 0.466 e. The molecule has 1 aliphatic rings. The number of nitrogens with one attached hydrogen (secondary N) is 1. The molecule has 0 spiro atoms. The van der Waals surface area contributed by atoms with E-state index in [9.17, 15) is 14.4 Å². The number of carbonyl (C=O) groups is 2. The molecule has 0 atom stereocenters. The van der Waals surface area contributed by atoms with Gasteiger partial charge in [-0.3, -0.25) is 9.36 Å². The van der Waals surface area contributed by atoms with E-state index in [2.05, 4.69) is 5.32 Å². The number of aliphatic hydroxyl groups is 1. The van der Waals surface area contributed by atoms with Crippen LogP contribution in [0.4, 0.5) is 5.69 Å². The number of hydrogen-bond donors (Lipinski definition) is 2. The molecule has 0 saturated carbocycles. The normalized spacial score (nSPS) is 14.4. The molecule has 1 amide bonds. The zero-order chi connectivity index (χ0) is 18.8. The minimum atomic E-state index is -0.619. The molecule has 0 aliphatic carbocycles. The van der Waals surface area contributed by atoms with Gasteiger partial charge in [-0.1, -0.05) is 0 Å². The lowest BCUT2D eigenvalue weighted by molar-refractivity contribution is -0.136. The minimum absolute atomic E-state index is 0.0535. The topological polar surface area (TPSA) is 114 Å². The van der Waals surface area contributed by atoms with Gasteiger partial charge in [-0.25, -0.2) is 9.59 Å². The number of oxazole rings is 1. The maximum atomic E-state index is 12.5. The van der Waals surface area contributed by atoms with Gasteiger partial charge >= 0.3 is 11.7 Å². The highest BCUT2D eigenvalue weighted by atomic mass is 16.5. The van der Waals surface area contributed by atoms with Crippen LogP contribution in [0.15, 0.2) is 38.7 Å². The SMILES string of the molecule is CCn1c(=O)oc2cc(NC3=C(C(=O)OC)CN(CCO)C3=O)ccc21. The van der Waals surface area contributed by atoms with Crippen LogP contribution in [0.2, 0.25) is 0 Å². The van der Waals surface area contributed by atoms with Crippen LogP contribution in [0.25, 0.3) is 11.1 Å². The molecular weight excluding hydrogens is 342 g/mol. The summed E-state index contributed by atoms with van der Waals surface area (Å²) >= 11 is 0. The number of anilines is 1.